The molecule has 0 unspecified atom stereocenters. The first-order valence-electron chi connectivity index (χ1n) is 5.79. The smallest absolute Gasteiger partial charge is 0.140 e. The summed E-state index contributed by atoms with van der Waals surface area (Å²) in [5, 5.41) is 8.79. The Labute approximate surface area is 129 Å². The van der Waals surface area contributed by atoms with Crippen LogP contribution in [-0.4, -0.2) is 0 Å². The lowest BCUT2D eigenvalue weighted by Crippen LogP contribution is -1.99. The van der Waals surface area contributed by atoms with Crippen molar-refractivity contribution >= 4 is 27.5 Å². The summed E-state index contributed by atoms with van der Waals surface area (Å²) >= 11 is 9.23. The van der Waals surface area contributed by atoms with Crippen molar-refractivity contribution in [3.05, 3.63) is 63.4 Å². The quantitative estimate of drug-likeness (QED) is 0.740. The van der Waals surface area contributed by atoms with Gasteiger partial charge in [-0.1, -0.05) is 22.0 Å². The second-order valence-electron chi connectivity index (χ2n) is 4.10. The summed E-state index contributed by atoms with van der Waals surface area (Å²) in [6, 6.07) is 11.7. The Balaban J connectivity index is 2.15. The highest BCUT2D eigenvalue weighted by atomic mass is 79.9. The monoisotopic (exact) mass is 353 g/mol. The highest BCUT2D eigenvalue weighted by molar-refractivity contribution is 9.10. The zero-order chi connectivity index (χ0) is 14.5. The largest absolute Gasteiger partial charge is 0.489 e. The Kier molecular flexibility index (Phi) is 4.99. The molecule has 0 saturated heterocycles. The fourth-order valence-electron chi connectivity index (χ4n) is 1.70. The molecule has 5 heteroatoms. The van der Waals surface area contributed by atoms with Crippen LogP contribution in [0.3, 0.4) is 0 Å². The summed E-state index contributed by atoms with van der Waals surface area (Å²) in [5.41, 5.74) is 1.61. The molecule has 2 aromatic rings. The molecule has 0 fully saturated rings. The number of benzene rings is 2. The summed E-state index contributed by atoms with van der Waals surface area (Å²) < 4.78 is 19.8. The van der Waals surface area contributed by atoms with E-state index in [1.807, 2.05) is 18.2 Å². The second-order valence-corrected chi connectivity index (χ2v) is 5.28. The molecule has 0 saturated carbocycles. The average Bonchev–Trinajstić information content (AvgIpc) is 2.47. The second kappa shape index (κ2) is 6.74. The van der Waals surface area contributed by atoms with Crippen LogP contribution in [0.1, 0.15) is 16.7 Å². The van der Waals surface area contributed by atoms with Gasteiger partial charge in [0.15, 0.2) is 0 Å². The Morgan fingerprint density at radius 1 is 1.25 bits per heavy atom. The zero-order valence-electron chi connectivity index (χ0n) is 10.4. The zero-order valence-corrected chi connectivity index (χ0v) is 12.7. The molecular formula is C15H10BrClFNO. The van der Waals surface area contributed by atoms with E-state index in [1.54, 1.807) is 12.1 Å². The van der Waals surface area contributed by atoms with Gasteiger partial charge in [0.1, 0.15) is 24.2 Å². The van der Waals surface area contributed by atoms with Gasteiger partial charge in [0.2, 0.25) is 0 Å². The minimum absolute atomic E-state index is 0.0134. The Bertz CT molecular complexity index is 669. The van der Waals surface area contributed by atoms with Crippen molar-refractivity contribution in [2.24, 2.45) is 0 Å². The van der Waals surface area contributed by atoms with Crippen LogP contribution in [0, 0.1) is 17.1 Å². The van der Waals surface area contributed by atoms with Crippen molar-refractivity contribution in [2.75, 3.05) is 0 Å². The fraction of sp³-hybridized carbons (Fsp3) is 0.133. The van der Waals surface area contributed by atoms with Crippen LogP contribution >= 0.6 is 27.5 Å². The lowest BCUT2D eigenvalue weighted by atomic mass is 10.1. The number of ether oxygens (including phenoxy) is 1. The third kappa shape index (κ3) is 3.50. The van der Waals surface area contributed by atoms with Crippen molar-refractivity contribution in [3.8, 4) is 11.8 Å². The molecule has 0 aliphatic carbocycles. The first-order chi connectivity index (χ1) is 9.63. The lowest BCUT2D eigenvalue weighted by molar-refractivity contribution is 0.303. The summed E-state index contributed by atoms with van der Waals surface area (Å²) in [5.74, 6) is 0.481. The van der Waals surface area contributed by atoms with Gasteiger partial charge in [0.05, 0.1) is 11.4 Å². The van der Waals surface area contributed by atoms with E-state index in [1.165, 1.54) is 12.1 Å². The number of nitriles is 1. The van der Waals surface area contributed by atoms with Crippen molar-refractivity contribution in [1.82, 2.24) is 0 Å². The Morgan fingerprint density at radius 3 is 2.75 bits per heavy atom. The molecule has 20 heavy (non-hydrogen) atoms. The molecule has 102 valence electrons. The number of halogens is 3. The maximum Gasteiger partial charge on any atom is 0.140 e. The molecule has 0 N–H and O–H groups in total. The highest BCUT2D eigenvalue weighted by Gasteiger charge is 2.06. The molecule has 0 bridgehead atoms. The van der Waals surface area contributed by atoms with Crippen LogP contribution in [0.2, 0.25) is 0 Å². The third-order valence-electron chi connectivity index (χ3n) is 2.71. The van der Waals surface area contributed by atoms with Crippen LogP contribution in [-0.2, 0) is 12.5 Å². The van der Waals surface area contributed by atoms with Gasteiger partial charge in [-0.25, -0.2) is 4.39 Å². The summed E-state index contributed by atoms with van der Waals surface area (Å²) in [6.07, 6.45) is 0. The van der Waals surface area contributed by atoms with E-state index in [9.17, 15) is 4.39 Å². The van der Waals surface area contributed by atoms with E-state index in [4.69, 9.17) is 21.6 Å². The van der Waals surface area contributed by atoms with Crippen LogP contribution < -0.4 is 4.74 Å². The van der Waals surface area contributed by atoms with Crippen LogP contribution in [0.25, 0.3) is 0 Å². The molecule has 0 spiro atoms. The average molecular weight is 355 g/mol. The molecular weight excluding hydrogens is 345 g/mol. The molecule has 2 nitrogen and oxygen atoms in total. The molecule has 0 amide bonds. The molecule has 2 aromatic carbocycles. The number of alkyl halides is 1. The summed E-state index contributed by atoms with van der Waals surface area (Å²) in [7, 11) is 0. The van der Waals surface area contributed by atoms with Gasteiger partial charge >= 0.3 is 0 Å². The first-order valence-corrected chi connectivity index (χ1v) is 7.12. The Hall–Kier alpha value is -1.57. The molecule has 2 rings (SSSR count). The van der Waals surface area contributed by atoms with Gasteiger partial charge in [-0.15, -0.1) is 11.6 Å². The van der Waals surface area contributed by atoms with Crippen molar-refractivity contribution in [1.29, 1.82) is 5.26 Å². The van der Waals surface area contributed by atoms with Gasteiger partial charge in [-0.3, -0.25) is 0 Å². The predicted octanol–water partition coefficient (Wildman–Crippen LogP) is 4.78. The topological polar surface area (TPSA) is 33.0 Å². The first kappa shape index (κ1) is 14.8. The van der Waals surface area contributed by atoms with Crippen molar-refractivity contribution in [3.63, 3.8) is 0 Å². The SMILES string of the molecule is N#Cc1cc(COc2ccc(Br)cc2CCl)ccc1F. The van der Waals surface area contributed by atoms with Crippen molar-refractivity contribution < 1.29 is 9.13 Å². The standard InChI is InChI=1S/C15H10BrClFNO/c16-13-2-4-15(11(6-13)7-17)20-9-10-1-3-14(18)12(5-10)8-19/h1-6H,7,9H2. The fourth-order valence-corrected chi connectivity index (χ4v) is 2.32. The van der Waals surface area contributed by atoms with Crippen LogP contribution in [0.5, 0.6) is 5.75 Å². The maximum atomic E-state index is 13.2. The Morgan fingerprint density at radius 2 is 2.05 bits per heavy atom. The van der Waals surface area contributed by atoms with Crippen molar-refractivity contribution in [2.45, 2.75) is 12.5 Å². The normalized spacial score (nSPS) is 10.1. The van der Waals surface area contributed by atoms with Gasteiger partial charge in [0.25, 0.3) is 0 Å². The van der Waals surface area contributed by atoms with Gasteiger partial charge in [-0.2, -0.15) is 5.26 Å². The maximum absolute atomic E-state index is 13.2. The van der Waals surface area contributed by atoms with Crippen LogP contribution in [0.4, 0.5) is 4.39 Å². The highest BCUT2D eigenvalue weighted by Crippen LogP contribution is 2.25. The van der Waals surface area contributed by atoms with E-state index in [-0.39, 0.29) is 12.2 Å². The van der Waals surface area contributed by atoms with Gasteiger partial charge < -0.3 is 4.74 Å². The van der Waals surface area contributed by atoms with E-state index in [2.05, 4.69) is 15.9 Å². The van der Waals surface area contributed by atoms with E-state index >= 15 is 0 Å². The summed E-state index contributed by atoms with van der Waals surface area (Å²) in [6.45, 7) is 0.250. The molecule has 0 aliphatic heterocycles. The molecule has 0 aromatic heterocycles. The summed E-state index contributed by atoms with van der Waals surface area (Å²) in [4.78, 5) is 0. The minimum Gasteiger partial charge on any atom is -0.489 e. The lowest BCUT2D eigenvalue weighted by Gasteiger charge is -2.10. The predicted molar refractivity (Wildman–Crippen MR) is 79.1 cm³/mol. The number of hydrogen-bond acceptors (Lipinski definition) is 2. The van der Waals surface area contributed by atoms with E-state index in [0.29, 0.717) is 11.6 Å². The molecule has 0 aliphatic rings. The molecule has 0 radical (unpaired) electrons. The van der Waals surface area contributed by atoms with Gasteiger partial charge in [-0.05, 0) is 35.9 Å². The number of hydrogen-bond donors (Lipinski definition) is 0. The number of rotatable bonds is 4. The third-order valence-corrected chi connectivity index (χ3v) is 3.49. The number of nitrogens with zero attached hydrogens (tertiary/aromatic N) is 1. The van der Waals surface area contributed by atoms with Crippen LogP contribution in [0.15, 0.2) is 40.9 Å². The van der Waals surface area contributed by atoms with Gasteiger partial charge in [0, 0.05) is 10.0 Å². The minimum atomic E-state index is -0.527. The molecule has 0 atom stereocenters. The van der Waals surface area contributed by atoms with E-state index in [0.717, 1.165) is 15.6 Å². The van der Waals surface area contributed by atoms with E-state index < -0.39 is 5.82 Å². The molecule has 0 heterocycles.